The Bertz CT molecular complexity index is 864. The molecule has 2 aromatic carbocycles. The highest BCUT2D eigenvalue weighted by molar-refractivity contribution is 6.03. The van der Waals surface area contributed by atoms with Crippen molar-refractivity contribution < 1.29 is 9.53 Å². The van der Waals surface area contributed by atoms with Crippen molar-refractivity contribution in [3.63, 3.8) is 0 Å². The van der Waals surface area contributed by atoms with E-state index in [1.807, 2.05) is 24.3 Å². The van der Waals surface area contributed by atoms with Gasteiger partial charge in [0.25, 0.3) is 5.91 Å². The Morgan fingerprint density at radius 3 is 2.52 bits per heavy atom. The van der Waals surface area contributed by atoms with E-state index in [1.165, 1.54) is 5.56 Å². The molecule has 2 N–H and O–H groups in total. The molecule has 27 heavy (non-hydrogen) atoms. The summed E-state index contributed by atoms with van der Waals surface area (Å²) in [5.74, 6) is 0.345. The number of para-hydroxylation sites is 2. The maximum atomic E-state index is 12.4. The molecule has 0 aliphatic carbocycles. The monoisotopic (exact) mass is 361 g/mol. The molecular formula is C22H23N3O2. The van der Waals surface area contributed by atoms with Crippen molar-refractivity contribution in [2.24, 2.45) is 0 Å². The minimum Gasteiger partial charge on any atom is -0.495 e. The van der Waals surface area contributed by atoms with E-state index in [-0.39, 0.29) is 5.91 Å². The standard InChI is InChI=1S/C22H23N3O2/c1-27-21-12-6-5-11-19(21)25-22(26)20-14-13-18(16-24-20)23-15-7-10-17-8-3-2-4-9-17/h2-6,8-9,11-14,16,23H,7,10,15H2,1H3,(H,25,26). The van der Waals surface area contributed by atoms with E-state index < -0.39 is 0 Å². The highest BCUT2D eigenvalue weighted by Gasteiger charge is 2.10. The van der Waals surface area contributed by atoms with Gasteiger partial charge in [-0.3, -0.25) is 4.79 Å². The van der Waals surface area contributed by atoms with Crippen molar-refractivity contribution in [2.45, 2.75) is 12.8 Å². The minimum atomic E-state index is -0.268. The maximum Gasteiger partial charge on any atom is 0.274 e. The molecule has 0 saturated heterocycles. The molecule has 3 aromatic rings. The Labute approximate surface area is 159 Å². The highest BCUT2D eigenvalue weighted by atomic mass is 16.5. The van der Waals surface area contributed by atoms with Crippen LogP contribution in [0.2, 0.25) is 0 Å². The average Bonchev–Trinajstić information content (AvgIpc) is 2.73. The molecule has 0 bridgehead atoms. The summed E-state index contributed by atoms with van der Waals surface area (Å²) in [6, 6.07) is 21.3. The van der Waals surface area contributed by atoms with Crippen LogP contribution in [0.4, 0.5) is 11.4 Å². The van der Waals surface area contributed by atoms with Crippen molar-refractivity contribution in [1.82, 2.24) is 4.98 Å². The Hall–Kier alpha value is -3.34. The van der Waals surface area contributed by atoms with Gasteiger partial charge in [0.05, 0.1) is 24.7 Å². The van der Waals surface area contributed by atoms with E-state index in [2.05, 4.69) is 39.9 Å². The molecule has 1 amide bonds. The number of benzene rings is 2. The predicted molar refractivity (Wildman–Crippen MR) is 108 cm³/mol. The molecule has 1 heterocycles. The van der Waals surface area contributed by atoms with Crippen LogP contribution in [0.15, 0.2) is 72.9 Å². The zero-order valence-electron chi connectivity index (χ0n) is 15.3. The fraction of sp³-hybridized carbons (Fsp3) is 0.182. The van der Waals surface area contributed by atoms with Crippen LogP contribution in [-0.4, -0.2) is 24.5 Å². The fourth-order valence-electron chi connectivity index (χ4n) is 2.74. The number of amides is 1. The first-order valence-corrected chi connectivity index (χ1v) is 8.94. The molecule has 0 fully saturated rings. The molecule has 5 nitrogen and oxygen atoms in total. The lowest BCUT2D eigenvalue weighted by molar-refractivity contribution is 0.102. The number of carbonyl (C=O) groups excluding carboxylic acids is 1. The molecule has 0 unspecified atom stereocenters. The number of ether oxygens (including phenoxy) is 1. The van der Waals surface area contributed by atoms with E-state index in [1.54, 1.807) is 31.5 Å². The molecule has 138 valence electrons. The number of anilines is 2. The van der Waals surface area contributed by atoms with Gasteiger partial charge in [0.1, 0.15) is 11.4 Å². The van der Waals surface area contributed by atoms with Gasteiger partial charge in [0.15, 0.2) is 0 Å². The van der Waals surface area contributed by atoms with Gasteiger partial charge in [0, 0.05) is 6.54 Å². The zero-order chi connectivity index (χ0) is 18.9. The number of hydrogen-bond donors (Lipinski definition) is 2. The molecule has 0 saturated carbocycles. The largest absolute Gasteiger partial charge is 0.495 e. The highest BCUT2D eigenvalue weighted by Crippen LogP contribution is 2.23. The number of methoxy groups -OCH3 is 1. The van der Waals surface area contributed by atoms with Gasteiger partial charge in [-0.15, -0.1) is 0 Å². The van der Waals surface area contributed by atoms with E-state index in [4.69, 9.17) is 4.74 Å². The lowest BCUT2D eigenvalue weighted by atomic mass is 10.1. The predicted octanol–water partition coefficient (Wildman–Crippen LogP) is 4.39. The van der Waals surface area contributed by atoms with Gasteiger partial charge in [0.2, 0.25) is 0 Å². The van der Waals surface area contributed by atoms with Crippen molar-refractivity contribution in [1.29, 1.82) is 0 Å². The third-order valence-electron chi connectivity index (χ3n) is 4.17. The maximum absolute atomic E-state index is 12.4. The quantitative estimate of drug-likeness (QED) is 0.584. The van der Waals surface area contributed by atoms with E-state index in [0.29, 0.717) is 17.1 Å². The molecule has 0 aliphatic heterocycles. The summed E-state index contributed by atoms with van der Waals surface area (Å²) in [5.41, 5.74) is 3.21. The van der Waals surface area contributed by atoms with E-state index in [0.717, 1.165) is 25.1 Å². The number of carbonyl (C=O) groups is 1. The number of hydrogen-bond acceptors (Lipinski definition) is 4. The fourth-order valence-corrected chi connectivity index (χ4v) is 2.74. The van der Waals surface area contributed by atoms with Crippen molar-refractivity contribution in [3.05, 3.63) is 84.2 Å². The molecule has 0 atom stereocenters. The van der Waals surface area contributed by atoms with Crippen LogP contribution in [0.25, 0.3) is 0 Å². The summed E-state index contributed by atoms with van der Waals surface area (Å²) in [4.78, 5) is 16.6. The van der Waals surface area contributed by atoms with Crippen molar-refractivity contribution in [3.8, 4) is 5.75 Å². The van der Waals surface area contributed by atoms with Crippen LogP contribution >= 0.6 is 0 Å². The summed E-state index contributed by atoms with van der Waals surface area (Å²) in [7, 11) is 1.57. The molecule has 0 radical (unpaired) electrons. The summed E-state index contributed by atoms with van der Waals surface area (Å²) in [6.07, 6.45) is 3.74. The number of pyridine rings is 1. The van der Waals surface area contributed by atoms with Crippen LogP contribution < -0.4 is 15.4 Å². The van der Waals surface area contributed by atoms with Gasteiger partial charge >= 0.3 is 0 Å². The van der Waals surface area contributed by atoms with Crippen LogP contribution in [0.5, 0.6) is 5.75 Å². The number of nitrogens with zero attached hydrogens (tertiary/aromatic N) is 1. The second-order valence-corrected chi connectivity index (χ2v) is 6.10. The molecule has 1 aromatic heterocycles. The lowest BCUT2D eigenvalue weighted by Gasteiger charge is -2.10. The molecule has 0 spiro atoms. The van der Waals surface area contributed by atoms with Crippen molar-refractivity contribution >= 4 is 17.3 Å². The minimum absolute atomic E-state index is 0.268. The van der Waals surface area contributed by atoms with Gasteiger partial charge in [-0.05, 0) is 42.7 Å². The topological polar surface area (TPSA) is 63.2 Å². The summed E-state index contributed by atoms with van der Waals surface area (Å²) >= 11 is 0. The first-order valence-electron chi connectivity index (χ1n) is 8.94. The van der Waals surface area contributed by atoms with Crippen LogP contribution in [0.3, 0.4) is 0 Å². The van der Waals surface area contributed by atoms with Crippen molar-refractivity contribution in [2.75, 3.05) is 24.3 Å². The van der Waals surface area contributed by atoms with Crippen LogP contribution in [-0.2, 0) is 6.42 Å². The van der Waals surface area contributed by atoms with Crippen LogP contribution in [0, 0.1) is 0 Å². The van der Waals surface area contributed by atoms with Gasteiger partial charge in [-0.25, -0.2) is 4.98 Å². The van der Waals surface area contributed by atoms with Gasteiger partial charge in [-0.1, -0.05) is 42.5 Å². The summed E-state index contributed by atoms with van der Waals surface area (Å²) < 4.78 is 5.24. The first-order chi connectivity index (χ1) is 13.3. The van der Waals surface area contributed by atoms with Crippen LogP contribution in [0.1, 0.15) is 22.5 Å². The Balaban J connectivity index is 1.50. The van der Waals surface area contributed by atoms with E-state index in [9.17, 15) is 4.79 Å². The SMILES string of the molecule is COc1ccccc1NC(=O)c1ccc(NCCCc2ccccc2)cn1. The average molecular weight is 361 g/mol. The number of aromatic nitrogens is 1. The molecule has 5 heteroatoms. The molecule has 0 aliphatic rings. The third-order valence-corrected chi connectivity index (χ3v) is 4.17. The Morgan fingerprint density at radius 1 is 1.00 bits per heavy atom. The summed E-state index contributed by atoms with van der Waals surface area (Å²) in [6.45, 7) is 0.851. The third kappa shape index (κ3) is 5.31. The molecular weight excluding hydrogens is 338 g/mol. The summed E-state index contributed by atoms with van der Waals surface area (Å²) in [5, 5.41) is 6.16. The van der Waals surface area contributed by atoms with E-state index >= 15 is 0 Å². The number of aryl methyl sites for hydroxylation is 1. The van der Waals surface area contributed by atoms with Gasteiger partial charge in [-0.2, -0.15) is 0 Å². The Morgan fingerprint density at radius 2 is 1.78 bits per heavy atom. The van der Waals surface area contributed by atoms with Gasteiger partial charge < -0.3 is 15.4 Å². The zero-order valence-corrected chi connectivity index (χ0v) is 15.3. The number of nitrogens with one attached hydrogen (secondary N) is 2. The normalized spacial score (nSPS) is 10.3. The smallest absolute Gasteiger partial charge is 0.274 e. The first kappa shape index (κ1) is 18.5. The second-order valence-electron chi connectivity index (χ2n) is 6.10. The lowest BCUT2D eigenvalue weighted by Crippen LogP contribution is -2.14. The Kier molecular flexibility index (Phi) is 6.41. The second kappa shape index (κ2) is 9.38. The number of rotatable bonds is 8. The molecule has 3 rings (SSSR count).